The normalized spacial score (nSPS) is 10.6. The molecule has 72 valence electrons. The van der Waals surface area contributed by atoms with Crippen LogP contribution in [0.15, 0.2) is 24.4 Å². The number of carbonyl (C=O) groups is 1. The summed E-state index contributed by atoms with van der Waals surface area (Å²) >= 11 is 0. The minimum absolute atomic E-state index is 0.0974. The Morgan fingerprint density at radius 2 is 2.29 bits per heavy atom. The van der Waals surface area contributed by atoms with Crippen molar-refractivity contribution in [3.63, 3.8) is 0 Å². The van der Waals surface area contributed by atoms with E-state index in [0.717, 1.165) is 22.8 Å². The molecule has 0 unspecified atom stereocenters. The van der Waals surface area contributed by atoms with Crippen LogP contribution in [0.2, 0.25) is 0 Å². The van der Waals surface area contributed by atoms with Gasteiger partial charge in [0, 0.05) is 29.3 Å². The molecule has 0 amide bonds. The Morgan fingerprint density at radius 1 is 1.43 bits per heavy atom. The second-order valence-corrected chi connectivity index (χ2v) is 3.18. The lowest BCUT2D eigenvalue weighted by atomic mass is 10.1. The largest absolute Gasteiger partial charge is 0.396 e. The number of aldehydes is 1. The molecular formula is C11H11NO2. The van der Waals surface area contributed by atoms with Crippen molar-refractivity contribution in [2.24, 2.45) is 0 Å². The van der Waals surface area contributed by atoms with Crippen molar-refractivity contribution in [3.8, 4) is 0 Å². The van der Waals surface area contributed by atoms with Crippen LogP contribution >= 0.6 is 0 Å². The molecule has 1 aromatic heterocycles. The van der Waals surface area contributed by atoms with Crippen LogP contribution in [0.5, 0.6) is 0 Å². The molecule has 0 saturated heterocycles. The van der Waals surface area contributed by atoms with Gasteiger partial charge in [-0.15, -0.1) is 0 Å². The van der Waals surface area contributed by atoms with Gasteiger partial charge in [0.2, 0.25) is 0 Å². The van der Waals surface area contributed by atoms with Gasteiger partial charge >= 0.3 is 0 Å². The van der Waals surface area contributed by atoms with Gasteiger partial charge in [0.15, 0.2) is 6.29 Å². The van der Waals surface area contributed by atoms with Crippen LogP contribution in [0.25, 0.3) is 10.9 Å². The molecule has 3 heteroatoms. The number of nitrogens with one attached hydrogen (secondary N) is 1. The highest BCUT2D eigenvalue weighted by molar-refractivity contribution is 5.98. The van der Waals surface area contributed by atoms with E-state index >= 15 is 0 Å². The van der Waals surface area contributed by atoms with Crippen LogP contribution in [0.4, 0.5) is 0 Å². The number of fused-ring (bicyclic) bond motifs is 1. The Morgan fingerprint density at radius 3 is 3.00 bits per heavy atom. The van der Waals surface area contributed by atoms with Crippen molar-refractivity contribution < 1.29 is 9.90 Å². The molecule has 0 saturated carbocycles. The van der Waals surface area contributed by atoms with E-state index in [1.165, 1.54) is 0 Å². The zero-order valence-electron chi connectivity index (χ0n) is 7.66. The molecule has 1 aromatic carbocycles. The number of benzene rings is 1. The van der Waals surface area contributed by atoms with Crippen LogP contribution in [0, 0.1) is 0 Å². The minimum atomic E-state index is 0.0974. The first-order valence-corrected chi connectivity index (χ1v) is 4.52. The summed E-state index contributed by atoms with van der Waals surface area (Å²) in [6, 6.07) is 5.54. The Balaban J connectivity index is 2.67. The molecule has 2 rings (SSSR count). The molecule has 0 aliphatic heterocycles. The summed E-state index contributed by atoms with van der Waals surface area (Å²) in [6.07, 6.45) is 3.26. The van der Waals surface area contributed by atoms with Gasteiger partial charge in [0.1, 0.15) is 0 Å². The number of hydrogen-bond donors (Lipinski definition) is 2. The van der Waals surface area contributed by atoms with Crippen LogP contribution in [0.3, 0.4) is 0 Å². The molecule has 0 bridgehead atoms. The standard InChI is InChI=1S/C11H11NO2/c13-5-4-8-6-12-10-3-1-2-9(7-14)11(8)10/h1-3,6-7,12-13H,4-5H2. The van der Waals surface area contributed by atoms with E-state index in [0.29, 0.717) is 12.0 Å². The van der Waals surface area contributed by atoms with E-state index in [9.17, 15) is 4.79 Å². The lowest BCUT2D eigenvalue weighted by Gasteiger charge is -1.98. The quantitative estimate of drug-likeness (QED) is 0.719. The smallest absolute Gasteiger partial charge is 0.150 e. The number of aromatic nitrogens is 1. The molecule has 3 nitrogen and oxygen atoms in total. The van der Waals surface area contributed by atoms with Crippen molar-refractivity contribution in [1.29, 1.82) is 0 Å². The number of aromatic amines is 1. The highest BCUT2D eigenvalue weighted by Crippen LogP contribution is 2.21. The summed E-state index contributed by atoms with van der Waals surface area (Å²) in [5.41, 5.74) is 2.61. The van der Waals surface area contributed by atoms with Gasteiger partial charge in [-0.3, -0.25) is 4.79 Å². The van der Waals surface area contributed by atoms with Gasteiger partial charge in [-0.05, 0) is 18.1 Å². The summed E-state index contributed by atoms with van der Waals surface area (Å²) in [5.74, 6) is 0. The second-order valence-electron chi connectivity index (χ2n) is 3.18. The predicted molar refractivity (Wildman–Crippen MR) is 54.5 cm³/mol. The Hall–Kier alpha value is -1.61. The maximum absolute atomic E-state index is 10.8. The molecular weight excluding hydrogens is 178 g/mol. The van der Waals surface area contributed by atoms with Gasteiger partial charge in [-0.25, -0.2) is 0 Å². The number of rotatable bonds is 3. The molecule has 0 aliphatic carbocycles. The summed E-state index contributed by atoms with van der Waals surface area (Å²) in [4.78, 5) is 13.9. The van der Waals surface area contributed by atoms with Gasteiger partial charge < -0.3 is 10.1 Å². The van der Waals surface area contributed by atoms with Gasteiger partial charge in [-0.1, -0.05) is 12.1 Å². The van der Waals surface area contributed by atoms with E-state index < -0.39 is 0 Å². The highest BCUT2D eigenvalue weighted by atomic mass is 16.2. The van der Waals surface area contributed by atoms with Crippen molar-refractivity contribution in [2.75, 3.05) is 6.61 Å². The summed E-state index contributed by atoms with van der Waals surface area (Å²) in [6.45, 7) is 0.0974. The number of hydrogen-bond acceptors (Lipinski definition) is 2. The number of aliphatic hydroxyl groups excluding tert-OH is 1. The Kier molecular flexibility index (Phi) is 2.33. The first-order chi connectivity index (χ1) is 6.86. The molecule has 0 atom stereocenters. The molecule has 0 radical (unpaired) electrons. The van der Waals surface area contributed by atoms with Crippen LogP contribution in [-0.2, 0) is 6.42 Å². The van der Waals surface area contributed by atoms with Crippen molar-refractivity contribution in [1.82, 2.24) is 4.98 Å². The Labute approximate surface area is 81.4 Å². The summed E-state index contributed by atoms with van der Waals surface area (Å²) in [5, 5.41) is 9.79. The van der Waals surface area contributed by atoms with Crippen molar-refractivity contribution in [2.45, 2.75) is 6.42 Å². The van der Waals surface area contributed by atoms with Crippen LogP contribution in [-0.4, -0.2) is 23.0 Å². The number of aliphatic hydroxyl groups is 1. The highest BCUT2D eigenvalue weighted by Gasteiger charge is 2.06. The fourth-order valence-electron chi connectivity index (χ4n) is 1.70. The first-order valence-electron chi connectivity index (χ1n) is 4.52. The molecule has 2 aromatic rings. The van der Waals surface area contributed by atoms with E-state index in [1.807, 2.05) is 18.3 Å². The lowest BCUT2D eigenvalue weighted by molar-refractivity contribution is 0.112. The zero-order chi connectivity index (χ0) is 9.97. The number of H-pyrrole nitrogens is 1. The molecule has 0 spiro atoms. The Bertz CT molecular complexity index is 459. The van der Waals surface area contributed by atoms with Crippen LogP contribution < -0.4 is 0 Å². The monoisotopic (exact) mass is 189 g/mol. The zero-order valence-corrected chi connectivity index (χ0v) is 7.66. The molecule has 0 aliphatic rings. The van der Waals surface area contributed by atoms with E-state index in [2.05, 4.69) is 4.98 Å². The molecule has 2 N–H and O–H groups in total. The second kappa shape index (κ2) is 3.64. The lowest BCUT2D eigenvalue weighted by Crippen LogP contribution is -1.90. The molecule has 14 heavy (non-hydrogen) atoms. The maximum Gasteiger partial charge on any atom is 0.150 e. The predicted octanol–water partition coefficient (Wildman–Crippen LogP) is 1.52. The number of carbonyl (C=O) groups excluding carboxylic acids is 1. The van der Waals surface area contributed by atoms with Crippen molar-refractivity contribution in [3.05, 3.63) is 35.5 Å². The molecule has 0 fully saturated rings. The minimum Gasteiger partial charge on any atom is -0.396 e. The summed E-state index contributed by atoms with van der Waals surface area (Å²) in [7, 11) is 0. The van der Waals surface area contributed by atoms with Crippen LogP contribution in [0.1, 0.15) is 15.9 Å². The third-order valence-corrected chi connectivity index (χ3v) is 2.33. The van der Waals surface area contributed by atoms with Crippen molar-refractivity contribution >= 4 is 17.2 Å². The van der Waals surface area contributed by atoms with Gasteiger partial charge in [0.05, 0.1) is 0 Å². The average molecular weight is 189 g/mol. The fraction of sp³-hybridized carbons (Fsp3) is 0.182. The summed E-state index contributed by atoms with van der Waals surface area (Å²) < 4.78 is 0. The first kappa shape index (κ1) is 8.97. The maximum atomic E-state index is 10.8. The third kappa shape index (κ3) is 1.32. The fourth-order valence-corrected chi connectivity index (χ4v) is 1.70. The van der Waals surface area contributed by atoms with E-state index in [4.69, 9.17) is 5.11 Å². The average Bonchev–Trinajstić information content (AvgIpc) is 2.62. The SMILES string of the molecule is O=Cc1cccc2[nH]cc(CCO)c12. The van der Waals surface area contributed by atoms with E-state index in [1.54, 1.807) is 6.07 Å². The third-order valence-electron chi connectivity index (χ3n) is 2.33. The van der Waals surface area contributed by atoms with Gasteiger partial charge in [-0.2, -0.15) is 0 Å². The molecule has 1 heterocycles. The topological polar surface area (TPSA) is 53.1 Å². The van der Waals surface area contributed by atoms with Gasteiger partial charge in [0.25, 0.3) is 0 Å². The van der Waals surface area contributed by atoms with E-state index in [-0.39, 0.29) is 6.61 Å².